The number of rotatable bonds is 6. The van der Waals surface area contributed by atoms with Crippen molar-refractivity contribution in [3.63, 3.8) is 0 Å². The maximum Gasteiger partial charge on any atom is 0.402 e. The van der Waals surface area contributed by atoms with Crippen molar-refractivity contribution in [3.8, 4) is 5.75 Å². The molecule has 1 aromatic rings. The summed E-state index contributed by atoms with van der Waals surface area (Å²) in [5.41, 5.74) is -0.192. The van der Waals surface area contributed by atoms with Gasteiger partial charge >= 0.3 is 27.3 Å². The summed E-state index contributed by atoms with van der Waals surface area (Å²) in [5, 5.41) is -4.62. The van der Waals surface area contributed by atoms with Gasteiger partial charge in [0, 0.05) is 0 Å². The van der Waals surface area contributed by atoms with E-state index >= 15 is 0 Å². The molecule has 0 radical (unpaired) electrons. The average Bonchev–Trinajstić information content (AvgIpc) is 3.24. The Bertz CT molecular complexity index is 903. The summed E-state index contributed by atoms with van der Waals surface area (Å²) in [6, 6.07) is 3.90. The third kappa shape index (κ3) is 4.46. The SMILES string of the molecule is O=C(OCC(F)(F)S(=O)(=O)O)c1ccc(I)c(OC(=O)C2CC3CCC2C3)c1. The molecule has 2 aliphatic carbocycles. The molecule has 3 rings (SSSR count). The Kier molecular flexibility index (Phi) is 5.97. The first-order chi connectivity index (χ1) is 13.0. The molecule has 0 aromatic heterocycles. The first-order valence-corrected chi connectivity index (χ1v) is 11.0. The van der Waals surface area contributed by atoms with Gasteiger partial charge in [0.15, 0.2) is 6.61 Å². The maximum absolute atomic E-state index is 13.2. The lowest BCUT2D eigenvalue weighted by Crippen LogP contribution is -2.34. The van der Waals surface area contributed by atoms with Crippen LogP contribution in [0.5, 0.6) is 5.75 Å². The second-order valence-electron chi connectivity index (χ2n) is 7.04. The molecule has 2 saturated carbocycles. The molecule has 0 spiro atoms. The zero-order chi connectivity index (χ0) is 20.7. The Morgan fingerprint density at radius 3 is 2.54 bits per heavy atom. The van der Waals surface area contributed by atoms with Gasteiger partial charge < -0.3 is 9.47 Å². The molecular weight excluding hydrogens is 513 g/mol. The highest BCUT2D eigenvalue weighted by molar-refractivity contribution is 14.1. The van der Waals surface area contributed by atoms with Gasteiger partial charge in [-0.3, -0.25) is 9.35 Å². The lowest BCUT2D eigenvalue weighted by Gasteiger charge is -2.20. The van der Waals surface area contributed by atoms with Crippen LogP contribution < -0.4 is 4.74 Å². The summed E-state index contributed by atoms with van der Waals surface area (Å²) in [6.45, 7) is -1.84. The molecule has 11 heteroatoms. The van der Waals surface area contributed by atoms with E-state index in [-0.39, 0.29) is 23.2 Å². The Labute approximate surface area is 173 Å². The minimum atomic E-state index is -5.71. The van der Waals surface area contributed by atoms with Gasteiger partial charge in [-0.15, -0.1) is 0 Å². The number of benzene rings is 1. The number of alkyl halides is 2. The van der Waals surface area contributed by atoms with Crippen LogP contribution in [0.2, 0.25) is 0 Å². The molecule has 0 heterocycles. The Morgan fingerprint density at radius 1 is 1.25 bits per heavy atom. The monoisotopic (exact) mass is 530 g/mol. The second-order valence-corrected chi connectivity index (χ2v) is 9.75. The number of hydrogen-bond acceptors (Lipinski definition) is 6. The van der Waals surface area contributed by atoms with Crippen molar-refractivity contribution in [3.05, 3.63) is 27.3 Å². The fourth-order valence-corrected chi connectivity index (χ4v) is 4.39. The van der Waals surface area contributed by atoms with Crippen molar-refractivity contribution >= 4 is 44.6 Å². The fraction of sp³-hybridized carbons (Fsp3) is 0.529. The molecule has 0 amide bonds. The smallest absolute Gasteiger partial charge is 0.402 e. The summed E-state index contributed by atoms with van der Waals surface area (Å²) in [4.78, 5) is 24.4. The zero-order valence-electron chi connectivity index (χ0n) is 14.4. The van der Waals surface area contributed by atoms with Crippen molar-refractivity contribution in [2.45, 2.75) is 30.9 Å². The van der Waals surface area contributed by atoms with Crippen LogP contribution in [0.3, 0.4) is 0 Å². The summed E-state index contributed by atoms with van der Waals surface area (Å²) >= 11 is 1.90. The van der Waals surface area contributed by atoms with Gasteiger partial charge in [-0.2, -0.15) is 17.2 Å². The predicted octanol–water partition coefficient (Wildman–Crippen LogP) is 3.27. The van der Waals surface area contributed by atoms with Crippen LogP contribution in [0.1, 0.15) is 36.0 Å². The van der Waals surface area contributed by atoms with Crippen LogP contribution in [-0.4, -0.2) is 36.8 Å². The molecule has 1 aromatic carbocycles. The standard InChI is InChI=1S/C17H17F2IO7S/c18-17(19,28(23,24)25)8-26-15(21)11-3-4-13(20)14(7-11)27-16(22)12-6-9-1-2-10(12)5-9/h3-4,7,9-10,12H,1-2,5-6,8H2,(H,23,24,25). The maximum atomic E-state index is 13.2. The minimum Gasteiger partial charge on any atom is -0.454 e. The Hall–Kier alpha value is -1.34. The summed E-state index contributed by atoms with van der Waals surface area (Å²) in [7, 11) is -5.71. The van der Waals surface area contributed by atoms with Crippen LogP contribution >= 0.6 is 22.6 Å². The van der Waals surface area contributed by atoms with E-state index in [1.807, 2.05) is 22.6 Å². The van der Waals surface area contributed by atoms with Crippen molar-refractivity contribution in [1.29, 1.82) is 0 Å². The molecule has 2 bridgehead atoms. The minimum absolute atomic E-state index is 0.101. The molecule has 1 N–H and O–H groups in total. The number of fused-ring (bicyclic) bond motifs is 2. The topological polar surface area (TPSA) is 107 Å². The number of halogens is 3. The van der Waals surface area contributed by atoms with Gasteiger partial charge in [0.25, 0.3) is 0 Å². The predicted molar refractivity (Wildman–Crippen MR) is 101 cm³/mol. The molecular formula is C17H17F2IO7S. The normalized spacial score (nSPS) is 24.2. The molecule has 0 aliphatic heterocycles. The molecule has 3 unspecified atom stereocenters. The van der Waals surface area contributed by atoms with E-state index in [0.29, 0.717) is 15.4 Å². The number of carbonyl (C=O) groups excluding carboxylic acids is 2. The quantitative estimate of drug-likeness (QED) is 0.261. The second kappa shape index (κ2) is 7.82. The molecule has 154 valence electrons. The molecule has 2 aliphatic rings. The van der Waals surface area contributed by atoms with Gasteiger partial charge in [-0.1, -0.05) is 6.42 Å². The third-order valence-electron chi connectivity index (χ3n) is 5.17. The van der Waals surface area contributed by atoms with Crippen LogP contribution in [0, 0.1) is 21.3 Å². The number of carbonyl (C=O) groups is 2. The van der Waals surface area contributed by atoms with Crippen LogP contribution in [0.25, 0.3) is 0 Å². The van der Waals surface area contributed by atoms with E-state index in [9.17, 15) is 26.8 Å². The lowest BCUT2D eigenvalue weighted by atomic mass is 9.89. The average molecular weight is 530 g/mol. The first kappa shape index (κ1) is 21.4. The third-order valence-corrected chi connectivity index (χ3v) is 6.93. The van der Waals surface area contributed by atoms with Crippen molar-refractivity contribution in [2.24, 2.45) is 17.8 Å². The largest absolute Gasteiger partial charge is 0.454 e. The first-order valence-electron chi connectivity index (χ1n) is 8.51. The van der Waals surface area contributed by atoms with E-state index in [2.05, 4.69) is 4.74 Å². The van der Waals surface area contributed by atoms with Crippen molar-refractivity contribution < 1.29 is 40.8 Å². The fourth-order valence-electron chi connectivity index (χ4n) is 3.73. The molecule has 0 saturated heterocycles. The van der Waals surface area contributed by atoms with E-state index in [1.54, 1.807) is 0 Å². The van der Waals surface area contributed by atoms with E-state index in [4.69, 9.17) is 9.29 Å². The van der Waals surface area contributed by atoms with Crippen molar-refractivity contribution in [1.82, 2.24) is 0 Å². The summed E-state index contributed by atoms with van der Waals surface area (Å²) in [5.74, 6) is -0.841. The lowest BCUT2D eigenvalue weighted by molar-refractivity contribution is -0.140. The van der Waals surface area contributed by atoms with Gasteiger partial charge in [0.1, 0.15) is 5.75 Å². The molecule has 3 atom stereocenters. The van der Waals surface area contributed by atoms with E-state index < -0.39 is 27.9 Å². The Morgan fingerprint density at radius 2 is 1.96 bits per heavy atom. The van der Waals surface area contributed by atoms with Crippen molar-refractivity contribution in [2.75, 3.05) is 6.61 Å². The highest BCUT2D eigenvalue weighted by Crippen LogP contribution is 2.48. The highest BCUT2D eigenvalue weighted by atomic mass is 127. The molecule has 28 heavy (non-hydrogen) atoms. The number of esters is 2. The zero-order valence-corrected chi connectivity index (χ0v) is 17.4. The molecule has 2 fully saturated rings. The van der Waals surface area contributed by atoms with Gasteiger partial charge in [-0.05, 0) is 71.9 Å². The summed E-state index contributed by atoms with van der Waals surface area (Å²) in [6.07, 6.45) is 3.93. The van der Waals surface area contributed by atoms with Gasteiger partial charge in [0.05, 0.1) is 15.1 Å². The van der Waals surface area contributed by atoms with Gasteiger partial charge in [-0.25, -0.2) is 4.79 Å². The van der Waals surface area contributed by atoms with Crippen LogP contribution in [-0.2, 0) is 19.6 Å². The van der Waals surface area contributed by atoms with Crippen LogP contribution in [0.4, 0.5) is 8.78 Å². The van der Waals surface area contributed by atoms with E-state index in [1.165, 1.54) is 18.2 Å². The van der Waals surface area contributed by atoms with Crippen LogP contribution in [0.15, 0.2) is 18.2 Å². The highest BCUT2D eigenvalue weighted by Gasteiger charge is 2.46. The van der Waals surface area contributed by atoms with E-state index in [0.717, 1.165) is 25.7 Å². The molecule has 7 nitrogen and oxygen atoms in total. The van der Waals surface area contributed by atoms with Gasteiger partial charge in [0.2, 0.25) is 0 Å². The summed E-state index contributed by atoms with van der Waals surface area (Å²) < 4.78 is 66.2. The number of hydrogen-bond donors (Lipinski definition) is 1. The Balaban J connectivity index is 1.67. The number of ether oxygens (including phenoxy) is 2.